The number of aromatic nitrogens is 3. The van der Waals surface area contributed by atoms with Crippen LogP contribution in [0, 0.1) is 0 Å². The first-order chi connectivity index (χ1) is 16.0. The highest BCUT2D eigenvalue weighted by molar-refractivity contribution is 7.99. The summed E-state index contributed by atoms with van der Waals surface area (Å²) in [6, 6.07) is 19.5. The number of carbonyl (C=O) groups is 1. The number of hydrogen-bond donors (Lipinski definition) is 1. The lowest BCUT2D eigenvalue weighted by atomic mass is 10.2. The van der Waals surface area contributed by atoms with Crippen LogP contribution in [-0.4, -0.2) is 33.5 Å². The highest BCUT2D eigenvalue weighted by Crippen LogP contribution is 2.36. The maximum atomic E-state index is 12.5. The van der Waals surface area contributed by atoms with Gasteiger partial charge < -0.3 is 10.1 Å². The standard InChI is InChI=1S/C23H17Cl3N4O2S/c1-32-20-5-3-2-4-19(20)30-22(17-11-8-15(25)12-18(17)26)28-29-23(30)33-13-21(31)27-16-9-6-14(24)7-10-16/h2-12H,13H2,1H3,(H,27,31). The number of nitrogens with zero attached hydrogens (tertiary/aromatic N) is 3. The summed E-state index contributed by atoms with van der Waals surface area (Å²) in [5, 5.41) is 13.6. The average Bonchev–Trinajstić information content (AvgIpc) is 3.22. The van der Waals surface area contributed by atoms with E-state index in [0.717, 1.165) is 0 Å². The largest absolute Gasteiger partial charge is 0.495 e. The van der Waals surface area contributed by atoms with E-state index in [2.05, 4.69) is 15.5 Å². The summed E-state index contributed by atoms with van der Waals surface area (Å²) in [6.45, 7) is 0. The zero-order valence-electron chi connectivity index (χ0n) is 17.3. The van der Waals surface area contributed by atoms with Crippen molar-refractivity contribution >= 4 is 58.2 Å². The summed E-state index contributed by atoms with van der Waals surface area (Å²) >= 11 is 19.7. The lowest BCUT2D eigenvalue weighted by Gasteiger charge is -2.14. The molecule has 4 rings (SSSR count). The molecule has 0 aliphatic carbocycles. The third-order valence-corrected chi connectivity index (χ3v) is 6.32. The predicted octanol–water partition coefficient (Wildman–Crippen LogP) is 6.63. The molecule has 33 heavy (non-hydrogen) atoms. The number of amides is 1. The van der Waals surface area contributed by atoms with E-state index in [1.54, 1.807) is 49.6 Å². The lowest BCUT2D eigenvalue weighted by Crippen LogP contribution is -2.14. The van der Waals surface area contributed by atoms with Crippen molar-refractivity contribution < 1.29 is 9.53 Å². The van der Waals surface area contributed by atoms with Gasteiger partial charge in [-0.15, -0.1) is 10.2 Å². The van der Waals surface area contributed by atoms with Gasteiger partial charge in [-0.3, -0.25) is 9.36 Å². The molecule has 0 unspecified atom stereocenters. The van der Waals surface area contributed by atoms with Gasteiger partial charge in [-0.2, -0.15) is 0 Å². The molecule has 0 bridgehead atoms. The van der Waals surface area contributed by atoms with Crippen LogP contribution in [0.5, 0.6) is 5.75 Å². The second-order valence-electron chi connectivity index (χ2n) is 6.78. The quantitative estimate of drug-likeness (QED) is 0.277. The minimum Gasteiger partial charge on any atom is -0.495 e. The highest BCUT2D eigenvalue weighted by Gasteiger charge is 2.21. The van der Waals surface area contributed by atoms with Gasteiger partial charge in [0.1, 0.15) is 5.75 Å². The van der Waals surface area contributed by atoms with E-state index in [1.807, 2.05) is 28.8 Å². The van der Waals surface area contributed by atoms with Crippen LogP contribution in [0.15, 0.2) is 71.9 Å². The first-order valence-corrected chi connectivity index (χ1v) is 11.8. The van der Waals surface area contributed by atoms with Crippen molar-refractivity contribution in [3.05, 3.63) is 81.8 Å². The smallest absolute Gasteiger partial charge is 0.234 e. The molecule has 1 heterocycles. The predicted molar refractivity (Wildman–Crippen MR) is 134 cm³/mol. The van der Waals surface area contributed by atoms with Crippen molar-refractivity contribution in [1.82, 2.24) is 14.8 Å². The Kier molecular flexibility index (Phi) is 7.45. The van der Waals surface area contributed by atoms with Crippen LogP contribution in [0.3, 0.4) is 0 Å². The zero-order valence-corrected chi connectivity index (χ0v) is 20.3. The first kappa shape index (κ1) is 23.4. The number of thioether (sulfide) groups is 1. The number of benzene rings is 3. The average molecular weight is 520 g/mol. The van der Waals surface area contributed by atoms with Gasteiger partial charge in [0.05, 0.1) is 23.6 Å². The number of ether oxygens (including phenoxy) is 1. The summed E-state index contributed by atoms with van der Waals surface area (Å²) in [7, 11) is 1.59. The fraction of sp³-hybridized carbons (Fsp3) is 0.0870. The molecule has 0 aliphatic heterocycles. The lowest BCUT2D eigenvalue weighted by molar-refractivity contribution is -0.113. The van der Waals surface area contributed by atoms with Gasteiger partial charge >= 0.3 is 0 Å². The van der Waals surface area contributed by atoms with Crippen molar-refractivity contribution in [2.24, 2.45) is 0 Å². The Hall–Kier alpha value is -2.71. The van der Waals surface area contributed by atoms with Crippen LogP contribution in [0.1, 0.15) is 0 Å². The number of carbonyl (C=O) groups excluding carboxylic acids is 1. The normalized spacial score (nSPS) is 10.8. The number of anilines is 1. The van der Waals surface area contributed by atoms with Gasteiger partial charge in [0.15, 0.2) is 11.0 Å². The second kappa shape index (κ2) is 10.5. The number of halogens is 3. The van der Waals surface area contributed by atoms with Crippen LogP contribution in [0.4, 0.5) is 5.69 Å². The number of hydrogen-bond acceptors (Lipinski definition) is 5. The second-order valence-corrected chi connectivity index (χ2v) is 9.00. The number of rotatable bonds is 7. The van der Waals surface area contributed by atoms with Crippen LogP contribution < -0.4 is 10.1 Å². The van der Waals surface area contributed by atoms with Gasteiger partial charge in [0.25, 0.3) is 0 Å². The van der Waals surface area contributed by atoms with Crippen molar-refractivity contribution in [1.29, 1.82) is 0 Å². The Morgan fingerprint density at radius 3 is 2.45 bits per heavy atom. The molecule has 4 aromatic rings. The van der Waals surface area contributed by atoms with E-state index < -0.39 is 0 Å². The van der Waals surface area contributed by atoms with Crippen molar-refractivity contribution in [2.45, 2.75) is 5.16 Å². The van der Waals surface area contributed by atoms with Gasteiger partial charge in [-0.25, -0.2) is 0 Å². The number of nitrogens with one attached hydrogen (secondary N) is 1. The Labute approximate surface area is 209 Å². The summed E-state index contributed by atoms with van der Waals surface area (Å²) in [5.41, 5.74) is 2.02. The monoisotopic (exact) mass is 518 g/mol. The molecule has 0 aliphatic rings. The third-order valence-electron chi connectivity index (χ3n) is 4.59. The molecule has 10 heteroatoms. The van der Waals surface area contributed by atoms with E-state index in [4.69, 9.17) is 39.5 Å². The summed E-state index contributed by atoms with van der Waals surface area (Å²) in [5.74, 6) is 1.05. The topological polar surface area (TPSA) is 69.0 Å². The van der Waals surface area contributed by atoms with Crippen LogP contribution in [-0.2, 0) is 4.79 Å². The number of methoxy groups -OCH3 is 1. The Morgan fingerprint density at radius 2 is 1.73 bits per heavy atom. The molecule has 0 saturated carbocycles. The molecule has 1 N–H and O–H groups in total. The Bertz CT molecular complexity index is 1300. The van der Waals surface area contributed by atoms with Crippen LogP contribution in [0.25, 0.3) is 17.1 Å². The molecule has 1 aromatic heterocycles. The van der Waals surface area contributed by atoms with E-state index >= 15 is 0 Å². The highest BCUT2D eigenvalue weighted by atomic mass is 35.5. The summed E-state index contributed by atoms with van der Waals surface area (Å²) in [4.78, 5) is 12.5. The van der Waals surface area contributed by atoms with Crippen molar-refractivity contribution in [3.63, 3.8) is 0 Å². The van der Waals surface area contributed by atoms with E-state index in [-0.39, 0.29) is 11.7 Å². The number of para-hydroxylation sites is 2. The van der Waals surface area contributed by atoms with Gasteiger partial charge in [-0.1, -0.05) is 58.7 Å². The third kappa shape index (κ3) is 5.45. The Morgan fingerprint density at radius 1 is 1.00 bits per heavy atom. The van der Waals surface area contributed by atoms with Crippen LogP contribution >= 0.6 is 46.6 Å². The molecule has 0 fully saturated rings. The maximum absolute atomic E-state index is 12.5. The van der Waals surface area contributed by atoms with Gasteiger partial charge in [0.2, 0.25) is 5.91 Å². The van der Waals surface area contributed by atoms with E-state index in [1.165, 1.54) is 11.8 Å². The van der Waals surface area contributed by atoms with E-state index in [0.29, 0.717) is 48.7 Å². The maximum Gasteiger partial charge on any atom is 0.234 e. The molecule has 168 valence electrons. The minimum absolute atomic E-state index is 0.115. The molecule has 3 aromatic carbocycles. The minimum atomic E-state index is -0.192. The van der Waals surface area contributed by atoms with Crippen molar-refractivity contribution in [2.75, 3.05) is 18.2 Å². The van der Waals surface area contributed by atoms with Crippen LogP contribution in [0.2, 0.25) is 15.1 Å². The Balaban J connectivity index is 1.67. The fourth-order valence-electron chi connectivity index (χ4n) is 3.10. The zero-order chi connectivity index (χ0) is 23.4. The molecule has 0 radical (unpaired) electrons. The molecule has 1 amide bonds. The first-order valence-electron chi connectivity index (χ1n) is 9.68. The molecule has 6 nitrogen and oxygen atoms in total. The van der Waals surface area contributed by atoms with Crippen molar-refractivity contribution in [3.8, 4) is 22.8 Å². The molecule has 0 saturated heterocycles. The molecular weight excluding hydrogens is 503 g/mol. The SMILES string of the molecule is COc1ccccc1-n1c(SCC(=O)Nc2ccc(Cl)cc2)nnc1-c1ccc(Cl)cc1Cl. The van der Waals surface area contributed by atoms with Gasteiger partial charge in [-0.05, 0) is 54.6 Å². The van der Waals surface area contributed by atoms with E-state index in [9.17, 15) is 4.79 Å². The summed E-state index contributed by atoms with van der Waals surface area (Å²) < 4.78 is 7.36. The van der Waals surface area contributed by atoms with Gasteiger partial charge in [0, 0.05) is 21.3 Å². The summed E-state index contributed by atoms with van der Waals surface area (Å²) in [6.07, 6.45) is 0. The molecular formula is C23H17Cl3N4O2S. The molecule has 0 atom stereocenters. The fourth-order valence-corrected chi connectivity index (χ4v) is 4.46. The molecule has 0 spiro atoms.